The number of nitrogens with one attached hydrogen (secondary N) is 1. The van der Waals surface area contributed by atoms with E-state index in [9.17, 15) is 14.7 Å². The van der Waals surface area contributed by atoms with Crippen LogP contribution in [0.15, 0.2) is 30.4 Å². The molecule has 2 aliphatic carbocycles. The predicted octanol–water partition coefficient (Wildman–Crippen LogP) is 2.76. The molecule has 4 atom stereocenters. The van der Waals surface area contributed by atoms with Gasteiger partial charge in [0.1, 0.15) is 0 Å². The zero-order valence-corrected chi connectivity index (χ0v) is 12.2. The van der Waals surface area contributed by atoms with Crippen LogP contribution in [0, 0.1) is 37.5 Å². The quantitative estimate of drug-likeness (QED) is 0.839. The zero-order chi connectivity index (χ0) is 15.1. The number of amides is 1. The lowest BCUT2D eigenvalue weighted by Crippen LogP contribution is -2.36. The third-order valence-corrected chi connectivity index (χ3v) is 4.69. The lowest BCUT2D eigenvalue weighted by atomic mass is 9.82. The number of aryl methyl sites for hydroxylation is 2. The molecule has 2 aliphatic rings. The molecular weight excluding hydrogens is 266 g/mol. The highest BCUT2D eigenvalue weighted by Gasteiger charge is 2.51. The Morgan fingerprint density at radius 2 is 1.81 bits per heavy atom. The second-order valence-corrected chi connectivity index (χ2v) is 6.15. The number of carboxylic acids is 1. The summed E-state index contributed by atoms with van der Waals surface area (Å²) < 4.78 is 0. The number of carbonyl (C=O) groups excluding carboxylic acids is 1. The maximum absolute atomic E-state index is 12.5. The van der Waals surface area contributed by atoms with E-state index in [4.69, 9.17) is 0 Å². The molecule has 0 radical (unpaired) electrons. The van der Waals surface area contributed by atoms with Gasteiger partial charge in [-0.25, -0.2) is 0 Å². The summed E-state index contributed by atoms with van der Waals surface area (Å²) in [5, 5.41) is 12.3. The monoisotopic (exact) mass is 285 g/mol. The molecule has 1 aromatic rings. The molecule has 0 heterocycles. The molecule has 1 saturated carbocycles. The maximum Gasteiger partial charge on any atom is 0.307 e. The highest BCUT2D eigenvalue weighted by molar-refractivity contribution is 5.96. The van der Waals surface area contributed by atoms with E-state index in [-0.39, 0.29) is 17.7 Å². The summed E-state index contributed by atoms with van der Waals surface area (Å²) >= 11 is 0. The van der Waals surface area contributed by atoms with Crippen molar-refractivity contribution in [3.8, 4) is 0 Å². The Bertz CT molecular complexity index is 635. The van der Waals surface area contributed by atoms with Gasteiger partial charge in [-0.2, -0.15) is 0 Å². The molecule has 0 aromatic heterocycles. The molecule has 2 N–H and O–H groups in total. The van der Waals surface area contributed by atoms with Crippen molar-refractivity contribution in [3.05, 3.63) is 41.5 Å². The summed E-state index contributed by atoms with van der Waals surface area (Å²) in [6.45, 7) is 3.94. The third-order valence-electron chi connectivity index (χ3n) is 4.69. The minimum atomic E-state index is -0.868. The van der Waals surface area contributed by atoms with Crippen LogP contribution in [0.5, 0.6) is 0 Å². The van der Waals surface area contributed by atoms with Gasteiger partial charge >= 0.3 is 5.97 Å². The molecule has 110 valence electrons. The van der Waals surface area contributed by atoms with Crippen LogP contribution in [-0.2, 0) is 9.59 Å². The van der Waals surface area contributed by atoms with Crippen molar-refractivity contribution >= 4 is 17.6 Å². The van der Waals surface area contributed by atoms with E-state index < -0.39 is 17.8 Å². The van der Waals surface area contributed by atoms with Gasteiger partial charge in [0.05, 0.1) is 11.8 Å². The number of anilines is 1. The van der Waals surface area contributed by atoms with E-state index in [0.717, 1.165) is 23.2 Å². The first-order valence-corrected chi connectivity index (χ1v) is 7.26. The maximum atomic E-state index is 12.5. The van der Waals surface area contributed by atoms with Gasteiger partial charge in [0, 0.05) is 5.69 Å². The van der Waals surface area contributed by atoms with Crippen LogP contribution >= 0.6 is 0 Å². The van der Waals surface area contributed by atoms with Crippen molar-refractivity contribution in [1.29, 1.82) is 0 Å². The summed E-state index contributed by atoms with van der Waals surface area (Å²) in [6.07, 6.45) is 4.72. The van der Waals surface area contributed by atoms with Gasteiger partial charge in [-0.3, -0.25) is 9.59 Å². The van der Waals surface area contributed by atoms with Crippen molar-refractivity contribution in [1.82, 2.24) is 0 Å². The zero-order valence-electron chi connectivity index (χ0n) is 12.2. The lowest BCUT2D eigenvalue weighted by Gasteiger charge is -2.24. The molecular formula is C17H19NO3. The van der Waals surface area contributed by atoms with Gasteiger partial charge in [0.15, 0.2) is 0 Å². The van der Waals surface area contributed by atoms with E-state index in [1.54, 1.807) is 0 Å². The van der Waals surface area contributed by atoms with E-state index in [0.29, 0.717) is 0 Å². The molecule has 0 saturated heterocycles. The standard InChI is InChI=1S/C17H19NO3/c1-9-3-6-13(10(2)7-9)18-16(19)14-11-4-5-12(8-11)15(14)17(20)21/h3-7,11-12,14-15H,8H2,1-2H3,(H,18,19)(H,20,21)/t11-,12+,14+,15+/m1/s1. The summed E-state index contributed by atoms with van der Waals surface area (Å²) in [5.74, 6) is -2.04. The number of benzene rings is 1. The highest BCUT2D eigenvalue weighted by Crippen LogP contribution is 2.48. The average molecular weight is 285 g/mol. The van der Waals surface area contributed by atoms with Crippen molar-refractivity contribution in [2.45, 2.75) is 20.3 Å². The Kier molecular flexibility index (Phi) is 3.32. The van der Waals surface area contributed by atoms with Crippen LogP contribution in [0.3, 0.4) is 0 Å². The molecule has 1 fully saturated rings. The molecule has 1 aromatic carbocycles. The Balaban J connectivity index is 1.82. The SMILES string of the molecule is Cc1ccc(NC(=O)[C@@H]2[C@@H](C(=O)O)[C@H]3C=C[C@@H]2C3)c(C)c1. The second-order valence-electron chi connectivity index (χ2n) is 6.15. The number of carbonyl (C=O) groups is 2. The Morgan fingerprint density at radius 3 is 2.43 bits per heavy atom. The van der Waals surface area contributed by atoms with Crippen molar-refractivity contribution in [2.24, 2.45) is 23.7 Å². The van der Waals surface area contributed by atoms with Gasteiger partial charge < -0.3 is 10.4 Å². The fourth-order valence-electron chi connectivity index (χ4n) is 3.69. The molecule has 0 aliphatic heterocycles. The van der Waals surface area contributed by atoms with Gasteiger partial charge in [0.25, 0.3) is 0 Å². The predicted molar refractivity (Wildman–Crippen MR) is 79.9 cm³/mol. The molecule has 0 spiro atoms. The first-order valence-electron chi connectivity index (χ1n) is 7.26. The van der Waals surface area contributed by atoms with Crippen LogP contribution in [0.1, 0.15) is 17.5 Å². The third kappa shape index (κ3) is 2.35. The van der Waals surface area contributed by atoms with E-state index in [1.165, 1.54) is 0 Å². The summed E-state index contributed by atoms with van der Waals surface area (Å²) in [5.41, 5.74) is 2.90. The molecule has 0 unspecified atom stereocenters. The number of aliphatic carboxylic acids is 1. The fraction of sp³-hybridized carbons (Fsp3) is 0.412. The number of allylic oxidation sites excluding steroid dienone is 2. The Hall–Kier alpha value is -2.10. The van der Waals surface area contributed by atoms with Crippen molar-refractivity contribution < 1.29 is 14.7 Å². The molecule has 21 heavy (non-hydrogen) atoms. The topological polar surface area (TPSA) is 66.4 Å². The van der Waals surface area contributed by atoms with Gasteiger partial charge in [0.2, 0.25) is 5.91 Å². The first kappa shape index (κ1) is 13.9. The summed E-state index contributed by atoms with van der Waals surface area (Å²) in [4.78, 5) is 24.0. The van der Waals surface area contributed by atoms with Crippen molar-refractivity contribution in [2.75, 3.05) is 5.32 Å². The first-order chi connectivity index (χ1) is 9.97. The molecule has 1 amide bonds. The van der Waals surface area contributed by atoms with E-state index in [2.05, 4.69) is 5.32 Å². The Labute approximate surface area is 123 Å². The van der Waals surface area contributed by atoms with E-state index in [1.807, 2.05) is 44.2 Å². The van der Waals surface area contributed by atoms with Crippen LogP contribution in [0.4, 0.5) is 5.69 Å². The van der Waals surface area contributed by atoms with Crippen LogP contribution in [0.25, 0.3) is 0 Å². The smallest absolute Gasteiger partial charge is 0.307 e. The lowest BCUT2D eigenvalue weighted by molar-refractivity contribution is -0.146. The van der Waals surface area contributed by atoms with Gasteiger partial charge in [-0.1, -0.05) is 29.8 Å². The highest BCUT2D eigenvalue weighted by atomic mass is 16.4. The molecule has 3 rings (SSSR count). The normalized spacial score (nSPS) is 29.6. The van der Waals surface area contributed by atoms with Gasteiger partial charge in [-0.05, 0) is 43.7 Å². The van der Waals surface area contributed by atoms with Crippen LogP contribution in [-0.4, -0.2) is 17.0 Å². The molecule has 2 bridgehead atoms. The van der Waals surface area contributed by atoms with Crippen LogP contribution < -0.4 is 5.32 Å². The number of fused-ring (bicyclic) bond motifs is 2. The minimum Gasteiger partial charge on any atom is -0.481 e. The fourth-order valence-corrected chi connectivity index (χ4v) is 3.69. The average Bonchev–Trinajstić information content (AvgIpc) is 3.02. The minimum absolute atomic E-state index is 0.00219. The summed E-state index contributed by atoms with van der Waals surface area (Å²) in [6, 6.07) is 5.82. The van der Waals surface area contributed by atoms with E-state index >= 15 is 0 Å². The van der Waals surface area contributed by atoms with Gasteiger partial charge in [-0.15, -0.1) is 0 Å². The number of carboxylic acid groups (broad SMARTS) is 1. The van der Waals surface area contributed by atoms with Crippen LogP contribution in [0.2, 0.25) is 0 Å². The largest absolute Gasteiger partial charge is 0.481 e. The molecule has 4 nitrogen and oxygen atoms in total. The molecule has 4 heteroatoms. The Morgan fingerprint density at radius 1 is 1.14 bits per heavy atom. The summed E-state index contributed by atoms with van der Waals surface area (Å²) in [7, 11) is 0. The number of hydrogen-bond donors (Lipinski definition) is 2. The number of rotatable bonds is 3. The van der Waals surface area contributed by atoms with Crippen molar-refractivity contribution in [3.63, 3.8) is 0 Å². The number of hydrogen-bond acceptors (Lipinski definition) is 2. The second kappa shape index (κ2) is 5.02.